The highest BCUT2D eigenvalue weighted by atomic mass is 19.4. The highest BCUT2D eigenvalue weighted by Gasteiger charge is 2.42. The van der Waals surface area contributed by atoms with Crippen LogP contribution in [0.3, 0.4) is 0 Å². The number of nitrogens with zero attached hydrogens (tertiary/aromatic N) is 1. The van der Waals surface area contributed by atoms with Crippen LogP contribution in [0.1, 0.15) is 6.92 Å². The molecule has 0 aromatic heterocycles. The molecular weight excluding hydrogens is 223 g/mol. The molecule has 0 fully saturated rings. The van der Waals surface area contributed by atoms with Crippen LogP contribution in [0.2, 0.25) is 0 Å². The maximum Gasteiger partial charge on any atom is 0.399 e. The molecule has 0 aliphatic carbocycles. The van der Waals surface area contributed by atoms with Crippen LogP contribution < -0.4 is 5.73 Å². The van der Waals surface area contributed by atoms with E-state index in [-0.39, 0.29) is 12.6 Å². The summed E-state index contributed by atoms with van der Waals surface area (Å²) in [6.07, 6.45) is -4.48. The van der Waals surface area contributed by atoms with E-state index in [1.165, 1.54) is 12.0 Å². The molecule has 0 saturated heterocycles. The van der Waals surface area contributed by atoms with Crippen molar-refractivity contribution in [3.63, 3.8) is 0 Å². The zero-order chi connectivity index (χ0) is 12.9. The van der Waals surface area contributed by atoms with Crippen LogP contribution in [0.15, 0.2) is 0 Å². The molecule has 0 aliphatic rings. The van der Waals surface area contributed by atoms with E-state index in [1.54, 1.807) is 14.0 Å². The van der Waals surface area contributed by atoms with Crippen molar-refractivity contribution in [2.45, 2.75) is 19.1 Å². The van der Waals surface area contributed by atoms with Gasteiger partial charge in [-0.3, -0.25) is 5.41 Å². The molecule has 0 amide bonds. The van der Waals surface area contributed by atoms with Gasteiger partial charge in [-0.15, -0.1) is 0 Å². The summed E-state index contributed by atoms with van der Waals surface area (Å²) in [5.41, 5.74) is 4.95. The van der Waals surface area contributed by atoms with Crippen molar-refractivity contribution >= 4 is 5.84 Å². The van der Waals surface area contributed by atoms with E-state index in [4.69, 9.17) is 15.9 Å². The van der Waals surface area contributed by atoms with Crippen molar-refractivity contribution < 1.29 is 17.9 Å². The van der Waals surface area contributed by atoms with Crippen LogP contribution in [0.25, 0.3) is 0 Å². The van der Waals surface area contributed by atoms with Gasteiger partial charge in [-0.05, 0) is 14.0 Å². The summed E-state index contributed by atoms with van der Waals surface area (Å²) in [6, 6.07) is -0.158. The Hall–Kier alpha value is -0.820. The molecule has 0 aliphatic heterocycles. The predicted octanol–water partition coefficient (Wildman–Crippen LogP) is 1.07. The third kappa shape index (κ3) is 4.80. The van der Waals surface area contributed by atoms with E-state index in [1.807, 2.05) is 0 Å². The Morgan fingerprint density at radius 3 is 2.31 bits per heavy atom. The third-order valence-corrected chi connectivity index (χ3v) is 2.40. The van der Waals surface area contributed by atoms with Crippen LogP contribution in [0.4, 0.5) is 13.2 Å². The minimum Gasteiger partial charge on any atom is -0.387 e. The molecule has 7 heteroatoms. The van der Waals surface area contributed by atoms with Crippen molar-refractivity contribution in [1.82, 2.24) is 4.90 Å². The zero-order valence-corrected chi connectivity index (χ0v) is 9.64. The molecule has 3 N–H and O–H groups in total. The van der Waals surface area contributed by atoms with Gasteiger partial charge in [-0.1, -0.05) is 0 Å². The van der Waals surface area contributed by atoms with E-state index in [0.717, 1.165) is 0 Å². The average Bonchev–Trinajstić information content (AvgIpc) is 2.11. The topological polar surface area (TPSA) is 62.3 Å². The first-order chi connectivity index (χ1) is 7.20. The fourth-order valence-corrected chi connectivity index (χ4v) is 1.21. The summed E-state index contributed by atoms with van der Waals surface area (Å²) in [5.74, 6) is -2.78. The van der Waals surface area contributed by atoms with E-state index < -0.39 is 17.9 Å². The Morgan fingerprint density at radius 1 is 1.50 bits per heavy atom. The molecule has 0 saturated carbocycles. The number of halogens is 3. The highest BCUT2D eigenvalue weighted by Crippen LogP contribution is 2.27. The van der Waals surface area contributed by atoms with E-state index in [9.17, 15) is 13.2 Å². The second-order valence-corrected chi connectivity index (χ2v) is 3.79. The molecule has 4 nitrogen and oxygen atoms in total. The SMILES string of the molecule is COCC(C)N(C)CC(C(=N)N)C(F)(F)F. The number of amidine groups is 1. The Kier molecular flexibility index (Phi) is 5.74. The number of hydrogen-bond acceptors (Lipinski definition) is 3. The lowest BCUT2D eigenvalue weighted by atomic mass is 10.1. The fraction of sp³-hybridized carbons (Fsp3) is 0.889. The number of likely N-dealkylation sites (N-methyl/N-ethyl adjacent to an activating group) is 1. The average molecular weight is 241 g/mol. The molecule has 0 aromatic carbocycles. The Balaban J connectivity index is 4.47. The second-order valence-electron chi connectivity index (χ2n) is 3.79. The normalized spacial score (nSPS) is 16.2. The smallest absolute Gasteiger partial charge is 0.387 e. The largest absolute Gasteiger partial charge is 0.399 e. The van der Waals surface area contributed by atoms with Crippen molar-refractivity contribution in [2.75, 3.05) is 27.3 Å². The molecule has 96 valence electrons. The van der Waals surface area contributed by atoms with E-state index in [2.05, 4.69) is 0 Å². The molecule has 0 heterocycles. The van der Waals surface area contributed by atoms with Crippen molar-refractivity contribution in [2.24, 2.45) is 11.7 Å². The first-order valence-corrected chi connectivity index (χ1v) is 4.80. The molecule has 2 unspecified atom stereocenters. The van der Waals surface area contributed by atoms with Gasteiger partial charge in [-0.2, -0.15) is 13.2 Å². The van der Waals surface area contributed by atoms with Gasteiger partial charge in [0, 0.05) is 19.7 Å². The number of rotatable bonds is 6. The highest BCUT2D eigenvalue weighted by molar-refractivity contribution is 5.80. The number of hydrogen-bond donors (Lipinski definition) is 2. The number of alkyl halides is 3. The monoisotopic (exact) mass is 241 g/mol. The molecule has 0 bridgehead atoms. The summed E-state index contributed by atoms with van der Waals surface area (Å²) in [7, 11) is 3.03. The molecule has 0 aromatic rings. The molecule has 0 rings (SSSR count). The minimum atomic E-state index is -4.48. The van der Waals surface area contributed by atoms with Crippen LogP contribution in [0, 0.1) is 11.3 Å². The summed E-state index contributed by atoms with van der Waals surface area (Å²) in [5, 5.41) is 6.94. The number of methoxy groups -OCH3 is 1. The Labute approximate surface area is 93.1 Å². The lowest BCUT2D eigenvalue weighted by molar-refractivity contribution is -0.160. The van der Waals surface area contributed by atoms with Crippen molar-refractivity contribution in [1.29, 1.82) is 5.41 Å². The summed E-state index contributed by atoms with van der Waals surface area (Å²) in [6.45, 7) is 1.75. The van der Waals surface area contributed by atoms with Gasteiger partial charge in [0.25, 0.3) is 0 Å². The van der Waals surface area contributed by atoms with Crippen LogP contribution in [-0.4, -0.2) is 50.3 Å². The standard InChI is InChI=1S/C9H18F3N3O/c1-6(5-16-3)15(2)4-7(8(13)14)9(10,11)12/h6-7H,4-5H2,1-3H3,(H3,13,14). The van der Waals surface area contributed by atoms with Crippen LogP contribution >= 0.6 is 0 Å². The van der Waals surface area contributed by atoms with Crippen LogP contribution in [0.5, 0.6) is 0 Å². The quantitative estimate of drug-likeness (QED) is 0.540. The second kappa shape index (κ2) is 6.05. The molecular formula is C9H18F3N3O. The predicted molar refractivity (Wildman–Crippen MR) is 55.4 cm³/mol. The zero-order valence-electron chi connectivity index (χ0n) is 9.64. The lowest BCUT2D eigenvalue weighted by Gasteiger charge is -2.29. The van der Waals surface area contributed by atoms with Gasteiger partial charge in [0.15, 0.2) is 0 Å². The first kappa shape index (κ1) is 15.2. The summed E-state index contributed by atoms with van der Waals surface area (Å²) >= 11 is 0. The van der Waals surface area contributed by atoms with Crippen molar-refractivity contribution in [3.8, 4) is 0 Å². The first-order valence-electron chi connectivity index (χ1n) is 4.80. The van der Waals surface area contributed by atoms with Crippen LogP contribution in [-0.2, 0) is 4.74 Å². The molecule has 2 atom stereocenters. The van der Waals surface area contributed by atoms with Gasteiger partial charge >= 0.3 is 6.18 Å². The maximum absolute atomic E-state index is 12.5. The molecule has 0 radical (unpaired) electrons. The molecule has 0 spiro atoms. The van der Waals surface area contributed by atoms with Gasteiger partial charge < -0.3 is 15.4 Å². The minimum absolute atomic E-state index is 0.158. The van der Waals surface area contributed by atoms with E-state index >= 15 is 0 Å². The fourth-order valence-electron chi connectivity index (χ4n) is 1.21. The Morgan fingerprint density at radius 2 is 2.00 bits per heavy atom. The van der Waals surface area contributed by atoms with Crippen molar-refractivity contribution in [3.05, 3.63) is 0 Å². The number of nitrogens with one attached hydrogen (secondary N) is 1. The van der Waals surface area contributed by atoms with Gasteiger partial charge in [0.1, 0.15) is 11.8 Å². The maximum atomic E-state index is 12.5. The molecule has 16 heavy (non-hydrogen) atoms. The van der Waals surface area contributed by atoms with E-state index in [0.29, 0.717) is 6.61 Å². The third-order valence-electron chi connectivity index (χ3n) is 2.40. The van der Waals surface area contributed by atoms with Gasteiger partial charge in [0.05, 0.1) is 6.61 Å². The van der Waals surface area contributed by atoms with Gasteiger partial charge in [-0.25, -0.2) is 0 Å². The number of ether oxygens (including phenoxy) is 1. The summed E-state index contributed by atoms with van der Waals surface area (Å²) < 4.78 is 42.3. The Bertz CT molecular complexity index is 233. The van der Waals surface area contributed by atoms with Gasteiger partial charge in [0.2, 0.25) is 0 Å². The lowest BCUT2D eigenvalue weighted by Crippen LogP contribution is -2.46. The number of nitrogens with two attached hydrogens (primary N) is 1. The summed E-state index contributed by atoms with van der Waals surface area (Å²) in [4.78, 5) is 1.48.